The van der Waals surface area contributed by atoms with Crippen molar-refractivity contribution in [3.63, 3.8) is 0 Å². The van der Waals surface area contributed by atoms with Crippen LogP contribution in [0.2, 0.25) is 0 Å². The number of hydrogen-bond donors (Lipinski definition) is 1. The molecule has 0 amide bonds. The highest BCUT2D eigenvalue weighted by Crippen LogP contribution is 2.55. The van der Waals surface area contributed by atoms with E-state index in [1.54, 1.807) is 0 Å². The maximum atomic E-state index is 13.1. The lowest BCUT2D eigenvalue weighted by molar-refractivity contribution is -0.153. The molecule has 0 saturated heterocycles. The number of benzene rings is 1. The number of carboxylic acids is 1. The molecular formula is C24H36O2. The number of hydrogen-bond acceptors (Lipinski definition) is 1. The van der Waals surface area contributed by atoms with Crippen molar-refractivity contribution < 1.29 is 9.90 Å². The molecule has 1 unspecified atom stereocenters. The molecule has 2 saturated carbocycles. The van der Waals surface area contributed by atoms with Crippen LogP contribution in [0.25, 0.3) is 0 Å². The van der Waals surface area contributed by atoms with E-state index in [4.69, 9.17) is 0 Å². The van der Waals surface area contributed by atoms with Crippen LogP contribution in [0.4, 0.5) is 0 Å². The van der Waals surface area contributed by atoms with Gasteiger partial charge in [0.2, 0.25) is 0 Å². The summed E-state index contributed by atoms with van der Waals surface area (Å²) in [6, 6.07) is 8.47. The van der Waals surface area contributed by atoms with E-state index in [0.717, 1.165) is 24.8 Å². The fourth-order valence-corrected chi connectivity index (χ4v) is 6.15. The summed E-state index contributed by atoms with van der Waals surface area (Å²) in [5.41, 5.74) is 1.55. The first-order chi connectivity index (χ1) is 12.4. The summed E-state index contributed by atoms with van der Waals surface area (Å²) in [4.78, 5) is 13.1. The topological polar surface area (TPSA) is 37.3 Å². The van der Waals surface area contributed by atoms with Crippen molar-refractivity contribution in [1.29, 1.82) is 0 Å². The van der Waals surface area contributed by atoms with Crippen LogP contribution in [0.15, 0.2) is 24.3 Å². The van der Waals surface area contributed by atoms with E-state index in [0.29, 0.717) is 17.8 Å². The van der Waals surface area contributed by atoms with Crippen LogP contribution >= 0.6 is 0 Å². The highest BCUT2D eigenvalue weighted by Gasteiger charge is 2.56. The summed E-state index contributed by atoms with van der Waals surface area (Å²) < 4.78 is 0. The molecule has 0 heterocycles. The molecule has 2 aliphatic rings. The minimum atomic E-state index is -0.714. The highest BCUT2D eigenvalue weighted by molar-refractivity contribution is 5.82. The minimum absolute atomic E-state index is 0.245. The third-order valence-corrected chi connectivity index (χ3v) is 7.49. The normalized spacial score (nSPS) is 29.7. The Morgan fingerprint density at radius 2 is 1.69 bits per heavy atom. The van der Waals surface area contributed by atoms with Crippen molar-refractivity contribution in [3.8, 4) is 0 Å². The lowest BCUT2D eigenvalue weighted by Gasteiger charge is -2.50. The number of rotatable bonds is 5. The van der Waals surface area contributed by atoms with E-state index in [1.165, 1.54) is 31.2 Å². The molecule has 0 radical (unpaired) electrons. The first-order valence-electron chi connectivity index (χ1n) is 10.7. The standard InChI is InChI=1S/C24H36O2/c1-16(2)21-14-11-18(4)15-22(21)24(23(25)26,19-7-5-6-8-19)20-12-9-17(3)10-13-20/h9-10,12-13,16,18-19,21-22H,5-8,11,14-15H2,1-4H3,(H,25,26)/t18-,21+,22-,24?/m1/s1. The molecule has 4 atom stereocenters. The quantitative estimate of drug-likeness (QED) is 0.680. The van der Waals surface area contributed by atoms with Crippen molar-refractivity contribution in [2.24, 2.45) is 29.6 Å². The Labute approximate surface area is 159 Å². The van der Waals surface area contributed by atoms with Gasteiger partial charge >= 0.3 is 5.97 Å². The van der Waals surface area contributed by atoms with Crippen LogP contribution in [0.1, 0.15) is 76.8 Å². The fourth-order valence-electron chi connectivity index (χ4n) is 6.15. The zero-order valence-corrected chi connectivity index (χ0v) is 17.0. The molecular weight excluding hydrogens is 320 g/mol. The Kier molecular flexibility index (Phi) is 5.79. The Hall–Kier alpha value is -1.31. The Morgan fingerprint density at radius 1 is 1.08 bits per heavy atom. The monoisotopic (exact) mass is 356 g/mol. The van der Waals surface area contributed by atoms with Crippen LogP contribution in [0.5, 0.6) is 0 Å². The van der Waals surface area contributed by atoms with Crippen molar-refractivity contribution in [2.75, 3.05) is 0 Å². The maximum absolute atomic E-state index is 13.1. The minimum Gasteiger partial charge on any atom is -0.481 e. The summed E-state index contributed by atoms with van der Waals surface area (Å²) in [6.45, 7) is 9.00. The van der Waals surface area contributed by atoms with Gasteiger partial charge in [0.25, 0.3) is 0 Å². The van der Waals surface area contributed by atoms with Crippen molar-refractivity contribution in [2.45, 2.75) is 78.1 Å². The van der Waals surface area contributed by atoms with Gasteiger partial charge in [-0.15, -0.1) is 0 Å². The van der Waals surface area contributed by atoms with Gasteiger partial charge < -0.3 is 5.11 Å². The highest BCUT2D eigenvalue weighted by atomic mass is 16.4. The summed E-state index contributed by atoms with van der Waals surface area (Å²) in [7, 11) is 0. The molecule has 0 spiro atoms. The number of aryl methyl sites for hydroxylation is 1. The molecule has 2 aliphatic carbocycles. The molecule has 3 rings (SSSR count). The van der Waals surface area contributed by atoms with E-state index < -0.39 is 11.4 Å². The Balaban J connectivity index is 2.17. The summed E-state index contributed by atoms with van der Waals surface area (Å²) in [5.74, 6) is 1.62. The first-order valence-corrected chi connectivity index (χ1v) is 10.7. The average molecular weight is 357 g/mol. The Morgan fingerprint density at radius 3 is 2.23 bits per heavy atom. The van der Waals surface area contributed by atoms with Crippen molar-refractivity contribution >= 4 is 5.97 Å². The van der Waals surface area contributed by atoms with Crippen LogP contribution in [0, 0.1) is 36.5 Å². The van der Waals surface area contributed by atoms with E-state index in [1.807, 2.05) is 0 Å². The van der Waals surface area contributed by atoms with Gasteiger partial charge in [-0.05, 0) is 67.8 Å². The molecule has 1 aromatic carbocycles. The lowest BCUT2D eigenvalue weighted by atomic mass is 9.52. The van der Waals surface area contributed by atoms with Crippen molar-refractivity contribution in [1.82, 2.24) is 0 Å². The van der Waals surface area contributed by atoms with Crippen LogP contribution < -0.4 is 0 Å². The molecule has 2 nitrogen and oxygen atoms in total. The second-order valence-electron chi connectivity index (χ2n) is 9.45. The predicted molar refractivity (Wildman–Crippen MR) is 107 cm³/mol. The van der Waals surface area contributed by atoms with Gasteiger partial charge in [0.15, 0.2) is 0 Å². The fraction of sp³-hybridized carbons (Fsp3) is 0.708. The molecule has 1 aromatic rings. The summed E-state index contributed by atoms with van der Waals surface area (Å²) in [5, 5.41) is 10.7. The van der Waals surface area contributed by atoms with E-state index in [2.05, 4.69) is 52.0 Å². The van der Waals surface area contributed by atoms with Gasteiger partial charge in [-0.3, -0.25) is 4.79 Å². The SMILES string of the molecule is Cc1ccc(C(C(=O)O)(C2CCCC2)[C@@H]2C[C@H](C)CC[C@H]2C(C)C)cc1. The van der Waals surface area contributed by atoms with E-state index in [9.17, 15) is 9.90 Å². The van der Waals surface area contributed by atoms with Gasteiger partial charge in [-0.25, -0.2) is 0 Å². The van der Waals surface area contributed by atoms with Crippen molar-refractivity contribution in [3.05, 3.63) is 35.4 Å². The Bertz CT molecular complexity index is 612. The van der Waals surface area contributed by atoms with Gasteiger partial charge in [0.1, 0.15) is 0 Å². The van der Waals surface area contributed by atoms with Gasteiger partial charge in [-0.2, -0.15) is 0 Å². The first kappa shape index (κ1) is 19.5. The van der Waals surface area contributed by atoms with Gasteiger partial charge in [0.05, 0.1) is 5.41 Å². The molecule has 0 aromatic heterocycles. The molecule has 2 fully saturated rings. The molecule has 2 heteroatoms. The van der Waals surface area contributed by atoms with E-state index in [-0.39, 0.29) is 11.8 Å². The molecule has 1 N–H and O–H groups in total. The largest absolute Gasteiger partial charge is 0.481 e. The molecule has 144 valence electrons. The zero-order chi connectivity index (χ0) is 18.9. The predicted octanol–water partition coefficient (Wildman–Crippen LogP) is 6.22. The third-order valence-electron chi connectivity index (χ3n) is 7.49. The molecule has 26 heavy (non-hydrogen) atoms. The lowest BCUT2D eigenvalue weighted by Crippen LogP contribution is -2.53. The zero-order valence-electron chi connectivity index (χ0n) is 17.0. The van der Waals surface area contributed by atoms with Crippen LogP contribution in [-0.2, 0) is 10.2 Å². The van der Waals surface area contributed by atoms with Gasteiger partial charge in [-0.1, -0.05) is 69.9 Å². The third kappa shape index (κ3) is 3.32. The number of carboxylic acid groups (broad SMARTS) is 1. The van der Waals surface area contributed by atoms with Crippen LogP contribution in [-0.4, -0.2) is 11.1 Å². The molecule has 0 bridgehead atoms. The second-order valence-corrected chi connectivity index (χ2v) is 9.45. The number of carbonyl (C=O) groups is 1. The second kappa shape index (κ2) is 7.74. The smallest absolute Gasteiger partial charge is 0.314 e. The average Bonchev–Trinajstić information content (AvgIpc) is 3.11. The summed E-state index contributed by atoms with van der Waals surface area (Å²) >= 11 is 0. The van der Waals surface area contributed by atoms with Crippen LogP contribution in [0.3, 0.4) is 0 Å². The summed E-state index contributed by atoms with van der Waals surface area (Å²) in [6.07, 6.45) is 7.97. The number of aliphatic carboxylic acids is 1. The maximum Gasteiger partial charge on any atom is 0.314 e. The van der Waals surface area contributed by atoms with Gasteiger partial charge in [0, 0.05) is 0 Å². The molecule has 0 aliphatic heterocycles. The van der Waals surface area contributed by atoms with E-state index >= 15 is 0 Å².